The maximum Gasteiger partial charge on any atom is 0.336 e. The molecule has 7 heteroatoms. The Morgan fingerprint density at radius 2 is 1.76 bits per heavy atom. The number of piperazine rings is 1. The Morgan fingerprint density at radius 1 is 1.05 bits per heavy atom. The lowest BCUT2D eigenvalue weighted by atomic mass is 9.84. The van der Waals surface area contributed by atoms with E-state index in [9.17, 15) is 4.79 Å². The minimum atomic E-state index is -1.70. The fraction of sp³-hybridized carbons (Fsp3) is 0.500. The number of ether oxygens (including phenoxy) is 1. The van der Waals surface area contributed by atoms with Crippen molar-refractivity contribution < 1.29 is 14.0 Å². The molecule has 0 aromatic heterocycles. The maximum atomic E-state index is 13.4. The number of hydrogen-bond acceptors (Lipinski definition) is 5. The van der Waals surface area contributed by atoms with Crippen LogP contribution in [0, 0.1) is 0 Å². The molecular formula is C30H43N2O3PSi. The molecule has 5 nitrogen and oxygen atoms in total. The van der Waals surface area contributed by atoms with Crippen molar-refractivity contribution >= 4 is 29.3 Å². The Morgan fingerprint density at radius 3 is 2.43 bits per heavy atom. The summed E-state index contributed by atoms with van der Waals surface area (Å²) in [6.45, 7) is 14.2. The van der Waals surface area contributed by atoms with Gasteiger partial charge in [-0.05, 0) is 59.7 Å². The Bertz CT molecular complexity index is 1100. The van der Waals surface area contributed by atoms with Crippen LogP contribution in [0.2, 0.25) is 18.1 Å². The van der Waals surface area contributed by atoms with Gasteiger partial charge in [-0.1, -0.05) is 84.8 Å². The summed E-state index contributed by atoms with van der Waals surface area (Å²) in [7, 11) is 1.15. The number of carbonyl (C=O) groups is 1. The Kier molecular flexibility index (Phi) is 9.08. The van der Waals surface area contributed by atoms with E-state index in [1.165, 1.54) is 5.56 Å². The van der Waals surface area contributed by atoms with Crippen LogP contribution in [-0.2, 0) is 27.0 Å². The quantitative estimate of drug-likeness (QED) is 0.184. The first-order chi connectivity index (χ1) is 17.6. The number of fused-ring (bicyclic) bond motifs is 2. The van der Waals surface area contributed by atoms with Crippen molar-refractivity contribution in [1.82, 2.24) is 9.99 Å². The molecule has 1 saturated heterocycles. The van der Waals surface area contributed by atoms with Crippen LogP contribution in [0.15, 0.2) is 60.2 Å². The first-order valence-corrected chi connectivity index (χ1v) is 16.9. The standard InChI is InChI=1S/C30H43N2O3PSi/c1-30(2,3)37(4,5)35-17-9-12-22-13-15-24(16-14-22)26-18-25-19-31-20-27(32(25)36)28(26)29(33)34-21-23-10-7-6-8-11-23/h6-8,10-11,13-16,25,27,31H,9,12,17-21,36H2,1-5H3. The van der Waals surface area contributed by atoms with Crippen molar-refractivity contribution in [3.8, 4) is 0 Å². The van der Waals surface area contributed by atoms with Gasteiger partial charge in [0.25, 0.3) is 0 Å². The molecule has 2 bridgehead atoms. The lowest BCUT2D eigenvalue weighted by Gasteiger charge is -2.45. The van der Waals surface area contributed by atoms with E-state index >= 15 is 0 Å². The third-order valence-electron chi connectivity index (χ3n) is 8.21. The minimum absolute atomic E-state index is 0.0112. The van der Waals surface area contributed by atoms with E-state index in [4.69, 9.17) is 9.16 Å². The zero-order valence-corrected chi connectivity index (χ0v) is 25.2. The number of nitrogens with one attached hydrogen (secondary N) is 1. The summed E-state index contributed by atoms with van der Waals surface area (Å²) in [6, 6.07) is 19.0. The molecule has 0 spiro atoms. The van der Waals surface area contributed by atoms with Crippen molar-refractivity contribution in [2.75, 3.05) is 19.7 Å². The van der Waals surface area contributed by atoms with Crippen LogP contribution >= 0.6 is 9.39 Å². The molecule has 0 saturated carbocycles. The van der Waals surface area contributed by atoms with E-state index in [-0.39, 0.29) is 23.7 Å². The Hall–Kier alpha value is -1.82. The number of carbonyl (C=O) groups excluding carboxylic acids is 1. The van der Waals surface area contributed by atoms with Gasteiger partial charge in [0.15, 0.2) is 8.32 Å². The highest BCUT2D eigenvalue weighted by atomic mass is 31.0. The van der Waals surface area contributed by atoms with E-state index in [2.05, 4.69) is 77.5 Å². The van der Waals surface area contributed by atoms with E-state index in [0.717, 1.165) is 61.2 Å². The maximum absolute atomic E-state index is 13.4. The Labute approximate surface area is 226 Å². The van der Waals surface area contributed by atoms with Gasteiger partial charge in [-0.2, -0.15) is 0 Å². The number of hydrogen-bond donors (Lipinski definition) is 1. The highest BCUT2D eigenvalue weighted by Crippen LogP contribution is 2.39. The molecule has 2 heterocycles. The van der Waals surface area contributed by atoms with Crippen LogP contribution in [0.4, 0.5) is 0 Å². The predicted molar refractivity (Wildman–Crippen MR) is 158 cm³/mol. The van der Waals surface area contributed by atoms with Crippen molar-refractivity contribution in [2.24, 2.45) is 0 Å². The third-order valence-corrected chi connectivity index (χ3v) is 13.5. The first-order valence-electron chi connectivity index (χ1n) is 13.5. The minimum Gasteiger partial charge on any atom is -0.457 e. The average molecular weight is 539 g/mol. The van der Waals surface area contributed by atoms with Crippen molar-refractivity contribution in [3.05, 3.63) is 76.9 Å². The second-order valence-corrected chi connectivity index (χ2v) is 17.2. The van der Waals surface area contributed by atoms with Crippen molar-refractivity contribution in [2.45, 2.75) is 76.9 Å². The molecule has 2 aliphatic heterocycles. The number of aryl methyl sites for hydroxylation is 1. The van der Waals surface area contributed by atoms with Crippen molar-refractivity contribution in [1.29, 1.82) is 0 Å². The molecule has 1 N–H and O–H groups in total. The van der Waals surface area contributed by atoms with Crippen LogP contribution < -0.4 is 5.32 Å². The van der Waals surface area contributed by atoms with Gasteiger partial charge in [0, 0.05) is 25.7 Å². The van der Waals surface area contributed by atoms with Crippen molar-refractivity contribution in [3.63, 3.8) is 0 Å². The molecule has 37 heavy (non-hydrogen) atoms. The van der Waals surface area contributed by atoms with Crippen LogP contribution in [0.25, 0.3) is 5.57 Å². The third kappa shape index (κ3) is 6.79. The van der Waals surface area contributed by atoms with Gasteiger partial charge >= 0.3 is 5.97 Å². The fourth-order valence-electron chi connectivity index (χ4n) is 4.85. The van der Waals surface area contributed by atoms with Gasteiger partial charge in [-0.25, -0.2) is 4.79 Å². The molecule has 2 aromatic carbocycles. The zero-order chi connectivity index (χ0) is 26.6. The normalized spacial score (nSPS) is 20.7. The molecule has 0 amide bonds. The van der Waals surface area contributed by atoms with Gasteiger partial charge in [-0.3, -0.25) is 4.67 Å². The summed E-state index contributed by atoms with van der Waals surface area (Å²) >= 11 is 0. The zero-order valence-electron chi connectivity index (χ0n) is 23.0. The number of nitrogens with zero attached hydrogens (tertiary/aromatic N) is 1. The lowest BCUT2D eigenvalue weighted by Crippen LogP contribution is -2.57. The second-order valence-electron chi connectivity index (χ2n) is 11.8. The molecule has 3 unspecified atom stereocenters. The van der Waals surface area contributed by atoms with Crippen LogP contribution in [0.5, 0.6) is 0 Å². The van der Waals surface area contributed by atoms with Crippen LogP contribution in [0.1, 0.15) is 50.3 Å². The van der Waals surface area contributed by atoms with Crippen LogP contribution in [-0.4, -0.2) is 50.7 Å². The Balaban J connectivity index is 1.47. The van der Waals surface area contributed by atoms with E-state index in [1.54, 1.807) is 0 Å². The largest absolute Gasteiger partial charge is 0.457 e. The first kappa shape index (κ1) is 28.2. The summed E-state index contributed by atoms with van der Waals surface area (Å²) in [5, 5.41) is 3.74. The fourth-order valence-corrected chi connectivity index (χ4v) is 6.41. The molecule has 0 aliphatic carbocycles. The van der Waals surface area contributed by atoms with Gasteiger partial charge in [0.05, 0.1) is 11.6 Å². The SMILES string of the molecule is CC(C)(C)[Si](C)(C)OCCCc1ccc(C2=C(C(=O)OCc3ccccc3)C3CNCC(C2)N3P)cc1. The number of esters is 1. The summed E-state index contributed by atoms with van der Waals surface area (Å²) in [4.78, 5) is 13.4. The molecule has 200 valence electrons. The lowest BCUT2D eigenvalue weighted by molar-refractivity contribution is -0.141. The predicted octanol–water partition coefficient (Wildman–Crippen LogP) is 5.97. The number of benzene rings is 2. The van der Waals surface area contributed by atoms with Gasteiger partial charge < -0.3 is 14.5 Å². The van der Waals surface area contributed by atoms with Crippen LogP contribution in [0.3, 0.4) is 0 Å². The summed E-state index contributed by atoms with van der Waals surface area (Å²) < 4.78 is 14.4. The molecule has 1 fully saturated rings. The molecule has 2 aliphatic rings. The molecule has 3 atom stereocenters. The topological polar surface area (TPSA) is 50.8 Å². The molecule has 4 rings (SSSR count). The smallest absolute Gasteiger partial charge is 0.336 e. The van der Waals surface area contributed by atoms with E-state index in [1.807, 2.05) is 30.3 Å². The summed E-state index contributed by atoms with van der Waals surface area (Å²) in [6.07, 6.45) is 2.83. The van der Waals surface area contributed by atoms with E-state index in [0.29, 0.717) is 6.04 Å². The highest BCUT2D eigenvalue weighted by Gasteiger charge is 2.40. The molecular weight excluding hydrogens is 495 g/mol. The molecule has 0 radical (unpaired) electrons. The van der Waals surface area contributed by atoms with Gasteiger partial charge in [-0.15, -0.1) is 0 Å². The highest BCUT2D eigenvalue weighted by molar-refractivity contribution is 7.13. The number of rotatable bonds is 9. The second kappa shape index (κ2) is 11.9. The summed E-state index contributed by atoms with van der Waals surface area (Å²) in [5.74, 6) is -0.217. The molecule has 2 aromatic rings. The van der Waals surface area contributed by atoms with Gasteiger partial charge in [0.2, 0.25) is 0 Å². The monoisotopic (exact) mass is 538 g/mol. The average Bonchev–Trinajstić information content (AvgIpc) is 2.85. The summed E-state index contributed by atoms with van der Waals surface area (Å²) in [5.41, 5.74) is 5.34. The van der Waals surface area contributed by atoms with E-state index < -0.39 is 8.32 Å². The van der Waals surface area contributed by atoms with Gasteiger partial charge in [0.1, 0.15) is 6.61 Å².